The molecule has 1 rings (SSSR count). The van der Waals surface area contributed by atoms with E-state index in [-0.39, 0.29) is 12.4 Å². The Morgan fingerprint density at radius 3 is 2.67 bits per heavy atom. The number of piperidine rings is 1. The number of hydrogen-bond donors (Lipinski definition) is 1. The summed E-state index contributed by atoms with van der Waals surface area (Å²) >= 11 is 0. The van der Waals surface area contributed by atoms with Crippen molar-refractivity contribution in [1.82, 2.24) is 5.32 Å². The van der Waals surface area contributed by atoms with E-state index in [1.807, 2.05) is 0 Å². The molecule has 0 bridgehead atoms. The monoisotopic (exact) mass is 189 g/mol. The first-order valence-corrected chi connectivity index (χ1v) is 4.68. The van der Waals surface area contributed by atoms with Crippen LogP contribution in [-0.4, -0.2) is 13.1 Å². The second-order valence-corrected chi connectivity index (χ2v) is 3.74. The van der Waals surface area contributed by atoms with Crippen LogP contribution in [0.15, 0.2) is 12.2 Å². The van der Waals surface area contributed by atoms with E-state index in [0.29, 0.717) is 5.92 Å². The van der Waals surface area contributed by atoms with Crippen molar-refractivity contribution in [2.75, 3.05) is 13.1 Å². The van der Waals surface area contributed by atoms with Gasteiger partial charge in [0.2, 0.25) is 0 Å². The van der Waals surface area contributed by atoms with Gasteiger partial charge in [-0.05, 0) is 31.2 Å². The molecule has 2 heteroatoms. The SMILES string of the molecule is CC(C)/C=C/C1CCCNC1.Cl. The zero-order valence-electron chi connectivity index (χ0n) is 8.05. The standard InChI is InChI=1S/C10H19N.ClH/c1-9(2)5-6-10-4-3-7-11-8-10;/h5-6,9-11H,3-4,7-8H2,1-2H3;1H/b6-5+;. The molecule has 1 heterocycles. The summed E-state index contributed by atoms with van der Waals surface area (Å²) in [6.45, 7) is 6.86. The Morgan fingerprint density at radius 2 is 2.17 bits per heavy atom. The van der Waals surface area contributed by atoms with Gasteiger partial charge in [0.1, 0.15) is 0 Å². The molecule has 0 aromatic heterocycles. The lowest BCUT2D eigenvalue weighted by molar-refractivity contribution is 0.437. The Hall–Kier alpha value is -0.0100. The van der Waals surface area contributed by atoms with Crippen molar-refractivity contribution in [1.29, 1.82) is 0 Å². The molecule has 0 aromatic rings. The second-order valence-electron chi connectivity index (χ2n) is 3.74. The minimum absolute atomic E-state index is 0. The normalized spacial score (nSPS) is 24.4. The van der Waals surface area contributed by atoms with Crippen molar-refractivity contribution in [2.45, 2.75) is 26.7 Å². The van der Waals surface area contributed by atoms with Crippen LogP contribution in [0.2, 0.25) is 0 Å². The molecule has 1 atom stereocenters. The molecule has 1 aliphatic rings. The van der Waals surface area contributed by atoms with E-state index in [1.54, 1.807) is 0 Å². The van der Waals surface area contributed by atoms with Crippen molar-refractivity contribution >= 4 is 12.4 Å². The Morgan fingerprint density at radius 1 is 1.42 bits per heavy atom. The van der Waals surface area contributed by atoms with Gasteiger partial charge in [-0.1, -0.05) is 26.0 Å². The third kappa shape index (κ3) is 4.78. The summed E-state index contributed by atoms with van der Waals surface area (Å²) in [5, 5.41) is 3.41. The molecule has 0 aromatic carbocycles. The van der Waals surface area contributed by atoms with Gasteiger partial charge < -0.3 is 5.32 Å². The fourth-order valence-electron chi connectivity index (χ4n) is 1.42. The van der Waals surface area contributed by atoms with Crippen LogP contribution in [0.25, 0.3) is 0 Å². The molecule has 1 saturated heterocycles. The second kappa shape index (κ2) is 6.50. The van der Waals surface area contributed by atoms with Crippen molar-refractivity contribution in [3.05, 3.63) is 12.2 Å². The van der Waals surface area contributed by atoms with Gasteiger partial charge in [-0.25, -0.2) is 0 Å². The molecule has 0 aliphatic carbocycles. The van der Waals surface area contributed by atoms with Gasteiger partial charge in [0.05, 0.1) is 0 Å². The summed E-state index contributed by atoms with van der Waals surface area (Å²) < 4.78 is 0. The fourth-order valence-corrected chi connectivity index (χ4v) is 1.42. The van der Waals surface area contributed by atoms with Crippen LogP contribution in [0.3, 0.4) is 0 Å². The van der Waals surface area contributed by atoms with Crippen molar-refractivity contribution in [2.24, 2.45) is 11.8 Å². The first kappa shape index (κ1) is 12.0. The van der Waals surface area contributed by atoms with Gasteiger partial charge in [-0.15, -0.1) is 12.4 Å². The highest BCUT2D eigenvalue weighted by atomic mass is 35.5. The minimum atomic E-state index is 0. The first-order chi connectivity index (χ1) is 5.29. The third-order valence-corrected chi connectivity index (χ3v) is 2.10. The highest BCUT2D eigenvalue weighted by Crippen LogP contribution is 2.12. The first-order valence-electron chi connectivity index (χ1n) is 4.68. The van der Waals surface area contributed by atoms with Gasteiger partial charge in [-0.3, -0.25) is 0 Å². The summed E-state index contributed by atoms with van der Waals surface area (Å²) in [4.78, 5) is 0. The molecular weight excluding hydrogens is 170 g/mol. The van der Waals surface area contributed by atoms with E-state index in [0.717, 1.165) is 5.92 Å². The number of halogens is 1. The lowest BCUT2D eigenvalue weighted by Gasteiger charge is -2.19. The number of nitrogens with one attached hydrogen (secondary N) is 1. The van der Waals surface area contributed by atoms with Crippen LogP contribution in [0.5, 0.6) is 0 Å². The molecule has 72 valence electrons. The highest BCUT2D eigenvalue weighted by Gasteiger charge is 2.08. The van der Waals surface area contributed by atoms with E-state index < -0.39 is 0 Å². The van der Waals surface area contributed by atoms with Crippen LogP contribution >= 0.6 is 12.4 Å². The Balaban J connectivity index is 0.00000121. The minimum Gasteiger partial charge on any atom is -0.316 e. The maximum atomic E-state index is 3.41. The van der Waals surface area contributed by atoms with Gasteiger partial charge in [0.15, 0.2) is 0 Å². The van der Waals surface area contributed by atoms with Gasteiger partial charge in [-0.2, -0.15) is 0 Å². The number of allylic oxidation sites excluding steroid dienone is 1. The smallest absolute Gasteiger partial charge is 0.00142 e. The summed E-state index contributed by atoms with van der Waals surface area (Å²) in [6, 6.07) is 0. The molecule has 1 unspecified atom stereocenters. The number of hydrogen-bond acceptors (Lipinski definition) is 1. The van der Waals surface area contributed by atoms with Gasteiger partial charge in [0.25, 0.3) is 0 Å². The lowest BCUT2D eigenvalue weighted by Crippen LogP contribution is -2.28. The predicted octanol–water partition coefficient (Wildman–Crippen LogP) is 2.62. The van der Waals surface area contributed by atoms with Crippen LogP contribution in [0.4, 0.5) is 0 Å². The molecule has 0 spiro atoms. The molecule has 0 amide bonds. The maximum Gasteiger partial charge on any atom is 0.00142 e. The van der Waals surface area contributed by atoms with Gasteiger partial charge in [0, 0.05) is 6.54 Å². The zero-order valence-corrected chi connectivity index (χ0v) is 8.86. The van der Waals surface area contributed by atoms with Gasteiger partial charge >= 0.3 is 0 Å². The summed E-state index contributed by atoms with van der Waals surface area (Å²) in [7, 11) is 0. The topological polar surface area (TPSA) is 12.0 Å². The molecule has 1 aliphatic heterocycles. The van der Waals surface area contributed by atoms with E-state index in [2.05, 4.69) is 31.3 Å². The van der Waals surface area contributed by atoms with Crippen LogP contribution in [0.1, 0.15) is 26.7 Å². The molecule has 0 radical (unpaired) electrons. The summed E-state index contributed by atoms with van der Waals surface area (Å²) in [6.07, 6.45) is 7.40. The van der Waals surface area contributed by atoms with E-state index in [1.165, 1.54) is 25.9 Å². The molecule has 12 heavy (non-hydrogen) atoms. The number of rotatable bonds is 2. The Kier molecular flexibility index (Phi) is 6.49. The van der Waals surface area contributed by atoms with Crippen molar-refractivity contribution < 1.29 is 0 Å². The summed E-state index contributed by atoms with van der Waals surface area (Å²) in [5.74, 6) is 1.50. The Bertz CT molecular complexity index is 126. The maximum absolute atomic E-state index is 3.41. The lowest BCUT2D eigenvalue weighted by atomic mass is 9.98. The van der Waals surface area contributed by atoms with Crippen LogP contribution < -0.4 is 5.32 Å². The fraction of sp³-hybridized carbons (Fsp3) is 0.800. The average Bonchev–Trinajstić information content (AvgIpc) is 2.03. The molecule has 1 nitrogen and oxygen atoms in total. The highest BCUT2D eigenvalue weighted by molar-refractivity contribution is 5.85. The van der Waals surface area contributed by atoms with Crippen LogP contribution in [0, 0.1) is 11.8 Å². The average molecular weight is 190 g/mol. The van der Waals surface area contributed by atoms with Crippen molar-refractivity contribution in [3.63, 3.8) is 0 Å². The van der Waals surface area contributed by atoms with E-state index >= 15 is 0 Å². The molecule has 1 fully saturated rings. The quantitative estimate of drug-likeness (QED) is 0.659. The third-order valence-electron chi connectivity index (χ3n) is 2.10. The molecule has 0 saturated carbocycles. The van der Waals surface area contributed by atoms with E-state index in [4.69, 9.17) is 0 Å². The molecule has 1 N–H and O–H groups in total. The Labute approximate surface area is 82.0 Å². The van der Waals surface area contributed by atoms with E-state index in [9.17, 15) is 0 Å². The van der Waals surface area contributed by atoms with Crippen LogP contribution in [-0.2, 0) is 0 Å². The van der Waals surface area contributed by atoms with Crippen molar-refractivity contribution in [3.8, 4) is 0 Å². The largest absolute Gasteiger partial charge is 0.316 e. The summed E-state index contributed by atoms with van der Waals surface area (Å²) in [5.41, 5.74) is 0. The predicted molar refractivity (Wildman–Crippen MR) is 56.8 cm³/mol. The zero-order chi connectivity index (χ0) is 8.10. The molecular formula is C10H20ClN.